The third-order valence-electron chi connectivity index (χ3n) is 4.52. The molecule has 28 heavy (non-hydrogen) atoms. The summed E-state index contributed by atoms with van der Waals surface area (Å²) in [5, 5.41) is 7.93. The summed E-state index contributed by atoms with van der Waals surface area (Å²) in [6.07, 6.45) is 4.19. The zero-order valence-corrected chi connectivity index (χ0v) is 17.0. The topological polar surface area (TPSA) is 74.6 Å². The molecule has 0 spiro atoms. The number of fused-ring (bicyclic) bond motifs is 3. The van der Waals surface area contributed by atoms with Crippen molar-refractivity contribution >= 4 is 52.5 Å². The van der Waals surface area contributed by atoms with Crippen molar-refractivity contribution in [2.75, 3.05) is 24.7 Å². The van der Waals surface area contributed by atoms with E-state index in [4.69, 9.17) is 9.73 Å². The highest BCUT2D eigenvalue weighted by Crippen LogP contribution is 2.41. The molecule has 0 aromatic heterocycles. The lowest BCUT2D eigenvalue weighted by molar-refractivity contribution is -0.137. The molecule has 0 radical (unpaired) electrons. The van der Waals surface area contributed by atoms with Gasteiger partial charge in [0.05, 0.1) is 35.2 Å². The van der Waals surface area contributed by atoms with Gasteiger partial charge in [-0.05, 0) is 13.0 Å². The average Bonchev–Trinajstić information content (AvgIpc) is 3.31. The molecular weight excluding hydrogens is 396 g/mol. The van der Waals surface area contributed by atoms with E-state index < -0.39 is 5.97 Å². The first-order valence-electron chi connectivity index (χ1n) is 9.11. The second-order valence-corrected chi connectivity index (χ2v) is 8.32. The highest BCUT2D eigenvalue weighted by Gasteiger charge is 2.33. The molecule has 1 amide bonds. The number of para-hydroxylation sites is 1. The van der Waals surface area contributed by atoms with Gasteiger partial charge in [0.1, 0.15) is 0 Å². The maximum absolute atomic E-state index is 12.2. The van der Waals surface area contributed by atoms with Crippen molar-refractivity contribution in [3.63, 3.8) is 0 Å². The van der Waals surface area contributed by atoms with Crippen LogP contribution in [0.3, 0.4) is 0 Å². The van der Waals surface area contributed by atoms with Crippen LogP contribution in [-0.4, -0.2) is 57.8 Å². The van der Waals surface area contributed by atoms with Crippen molar-refractivity contribution in [1.29, 1.82) is 0 Å². The van der Waals surface area contributed by atoms with Crippen molar-refractivity contribution in [2.24, 2.45) is 10.1 Å². The molecule has 9 heteroatoms. The molecule has 0 saturated carbocycles. The highest BCUT2D eigenvalue weighted by molar-refractivity contribution is 8.13. The Morgan fingerprint density at radius 1 is 1.43 bits per heavy atom. The predicted octanol–water partition coefficient (Wildman–Crippen LogP) is 3.13. The van der Waals surface area contributed by atoms with E-state index in [1.807, 2.05) is 29.4 Å². The molecule has 3 aliphatic heterocycles. The van der Waals surface area contributed by atoms with Gasteiger partial charge < -0.3 is 9.64 Å². The Morgan fingerprint density at radius 3 is 3.14 bits per heavy atom. The Kier molecular flexibility index (Phi) is 5.72. The number of benzene rings is 1. The number of aliphatic imine (C=N–C) groups is 1. The summed E-state index contributed by atoms with van der Waals surface area (Å²) in [7, 11) is 0. The zero-order valence-electron chi connectivity index (χ0n) is 15.4. The molecule has 7 nitrogen and oxygen atoms in total. The number of nitrogens with zero attached hydrogens (tertiary/aromatic N) is 4. The van der Waals surface area contributed by atoms with Gasteiger partial charge in [0.25, 0.3) is 0 Å². The number of thioether (sulfide) groups is 2. The summed E-state index contributed by atoms with van der Waals surface area (Å²) in [5.41, 5.74) is 2.17. The summed E-state index contributed by atoms with van der Waals surface area (Å²) in [5.74, 6) is 0.601. The van der Waals surface area contributed by atoms with Crippen LogP contribution in [0, 0.1) is 0 Å². The summed E-state index contributed by atoms with van der Waals surface area (Å²) >= 11 is 2.94. The molecule has 1 aromatic rings. The number of hydrogen-bond acceptors (Lipinski definition) is 8. The molecule has 1 saturated heterocycles. The van der Waals surface area contributed by atoms with Crippen LogP contribution in [0.15, 0.2) is 45.5 Å². The molecule has 0 bridgehead atoms. The van der Waals surface area contributed by atoms with Crippen LogP contribution in [-0.2, 0) is 14.3 Å². The van der Waals surface area contributed by atoms with E-state index in [-0.39, 0.29) is 11.9 Å². The minimum atomic E-state index is -0.417. The molecular formula is C19H20N4O3S2. The lowest BCUT2D eigenvalue weighted by Crippen LogP contribution is -2.31. The van der Waals surface area contributed by atoms with Crippen LogP contribution in [0.5, 0.6) is 0 Å². The van der Waals surface area contributed by atoms with Crippen LogP contribution >= 0.6 is 23.5 Å². The van der Waals surface area contributed by atoms with Crippen LogP contribution < -0.4 is 0 Å². The molecule has 1 atom stereocenters. The number of amides is 1. The molecule has 3 heterocycles. The smallest absolute Gasteiger partial charge is 0.333 e. The standard InChI is InChI=1S/C19H20N4O3S2/c1-2-26-18(25)11-17-22(16(24)12-28-17)9-10-27-19-21-14-6-4-3-5-13(14)15-7-8-20-23(15)19/h3-6,8,11,15H,2,7,9-10,12H2,1H3/b17-11-. The Hall–Kier alpha value is -2.26. The minimum absolute atomic E-state index is 0.00847. The number of ether oxygens (including phenoxy) is 1. The largest absolute Gasteiger partial charge is 0.463 e. The SMILES string of the molecule is CCOC(=O)/C=C1\SCC(=O)N1CCSC1=Nc2ccccc2C2CC=NN12. The van der Waals surface area contributed by atoms with E-state index in [9.17, 15) is 9.59 Å². The van der Waals surface area contributed by atoms with E-state index in [0.717, 1.165) is 17.3 Å². The molecule has 0 N–H and O–H groups in total. The lowest BCUT2D eigenvalue weighted by atomic mass is 10.0. The molecule has 146 valence electrons. The van der Waals surface area contributed by atoms with E-state index in [1.165, 1.54) is 23.4 Å². The fraction of sp³-hybridized carbons (Fsp3) is 0.368. The predicted molar refractivity (Wildman–Crippen MR) is 113 cm³/mol. The number of esters is 1. The maximum atomic E-state index is 12.2. The molecule has 1 aromatic carbocycles. The van der Waals surface area contributed by atoms with Gasteiger partial charge in [0, 0.05) is 30.5 Å². The average molecular weight is 417 g/mol. The van der Waals surface area contributed by atoms with E-state index in [2.05, 4.69) is 11.2 Å². The Labute approximate surface area is 171 Å². The van der Waals surface area contributed by atoms with Crippen molar-refractivity contribution in [3.05, 3.63) is 40.9 Å². The van der Waals surface area contributed by atoms with Gasteiger partial charge in [-0.2, -0.15) is 5.10 Å². The Morgan fingerprint density at radius 2 is 2.29 bits per heavy atom. The Bertz CT molecular complexity index is 884. The number of hydrogen-bond donors (Lipinski definition) is 0. The first-order chi connectivity index (χ1) is 13.7. The van der Waals surface area contributed by atoms with E-state index >= 15 is 0 Å². The summed E-state index contributed by atoms with van der Waals surface area (Å²) in [6, 6.07) is 8.32. The number of amidine groups is 1. The van der Waals surface area contributed by atoms with Gasteiger partial charge in [-0.15, -0.1) is 0 Å². The third kappa shape index (κ3) is 3.81. The van der Waals surface area contributed by atoms with Crippen LogP contribution in [0.4, 0.5) is 5.69 Å². The molecule has 1 unspecified atom stereocenters. The van der Waals surface area contributed by atoms with Gasteiger partial charge >= 0.3 is 5.97 Å². The van der Waals surface area contributed by atoms with Crippen LogP contribution in [0.25, 0.3) is 0 Å². The number of hydrazone groups is 1. The van der Waals surface area contributed by atoms with Gasteiger partial charge in [-0.3, -0.25) is 4.79 Å². The number of carbonyl (C=O) groups excluding carboxylic acids is 2. The van der Waals surface area contributed by atoms with Gasteiger partial charge in [0.15, 0.2) is 5.17 Å². The van der Waals surface area contributed by atoms with Gasteiger partial charge in [-0.1, -0.05) is 41.7 Å². The van der Waals surface area contributed by atoms with E-state index in [0.29, 0.717) is 29.7 Å². The molecule has 3 aliphatic rings. The maximum Gasteiger partial charge on any atom is 0.333 e. The molecule has 0 aliphatic carbocycles. The number of rotatable bonds is 5. The zero-order chi connectivity index (χ0) is 19.5. The van der Waals surface area contributed by atoms with Crippen molar-refractivity contribution in [1.82, 2.24) is 9.91 Å². The second-order valence-electron chi connectivity index (χ2n) is 6.26. The van der Waals surface area contributed by atoms with Crippen molar-refractivity contribution in [3.8, 4) is 0 Å². The first kappa shape index (κ1) is 19.1. The third-order valence-corrected chi connectivity index (χ3v) is 6.47. The van der Waals surface area contributed by atoms with E-state index in [1.54, 1.807) is 23.6 Å². The number of carbonyl (C=O) groups is 2. The Balaban J connectivity index is 1.43. The van der Waals surface area contributed by atoms with Crippen LogP contribution in [0.2, 0.25) is 0 Å². The summed E-state index contributed by atoms with van der Waals surface area (Å²) < 4.78 is 4.95. The summed E-state index contributed by atoms with van der Waals surface area (Å²) in [6.45, 7) is 2.58. The highest BCUT2D eigenvalue weighted by atomic mass is 32.2. The normalized spacial score (nSPS) is 21.8. The lowest BCUT2D eigenvalue weighted by Gasteiger charge is -2.30. The van der Waals surface area contributed by atoms with Crippen molar-refractivity contribution in [2.45, 2.75) is 19.4 Å². The molecule has 4 rings (SSSR count). The fourth-order valence-corrected chi connectivity index (χ4v) is 5.14. The monoisotopic (exact) mass is 416 g/mol. The van der Waals surface area contributed by atoms with Crippen LogP contribution in [0.1, 0.15) is 24.9 Å². The minimum Gasteiger partial charge on any atom is -0.463 e. The van der Waals surface area contributed by atoms with Gasteiger partial charge in [-0.25, -0.2) is 14.8 Å². The van der Waals surface area contributed by atoms with Gasteiger partial charge in [0.2, 0.25) is 5.91 Å². The van der Waals surface area contributed by atoms with Crippen molar-refractivity contribution < 1.29 is 14.3 Å². The quantitative estimate of drug-likeness (QED) is 0.542. The molecule has 1 fully saturated rings. The second kappa shape index (κ2) is 8.40. The summed E-state index contributed by atoms with van der Waals surface area (Å²) in [4.78, 5) is 30.3. The fourth-order valence-electron chi connectivity index (χ4n) is 3.26. The first-order valence-corrected chi connectivity index (χ1v) is 11.1.